The summed E-state index contributed by atoms with van der Waals surface area (Å²) in [7, 11) is 0. The predicted molar refractivity (Wildman–Crippen MR) is 95.9 cm³/mol. The number of aryl methyl sites for hydroxylation is 2. The van der Waals surface area contributed by atoms with Gasteiger partial charge < -0.3 is 10.0 Å². The molecule has 1 N–H and O–H groups in total. The molecule has 0 saturated carbocycles. The highest BCUT2D eigenvalue weighted by Crippen LogP contribution is 2.26. The molecule has 1 aromatic heterocycles. The standard InChI is InChI=1S/C16H25N3O2.2ClH/c1-11(2)19-8-4-5-13(10-19)16-17-12(3)9-14(18-16)6-7-15(20)21;;/h9,11,13H,4-8,10H2,1-3H3,(H,20,21);2*1H. The van der Waals surface area contributed by atoms with E-state index in [1.807, 2.05) is 13.0 Å². The molecular formula is C16H27Cl2N3O2. The first-order chi connectivity index (χ1) is 9.95. The maximum atomic E-state index is 10.7. The van der Waals surface area contributed by atoms with Gasteiger partial charge in [-0.05, 0) is 46.2 Å². The Morgan fingerprint density at radius 3 is 2.70 bits per heavy atom. The summed E-state index contributed by atoms with van der Waals surface area (Å²) >= 11 is 0. The van der Waals surface area contributed by atoms with Crippen molar-refractivity contribution in [1.29, 1.82) is 0 Å². The molecular weight excluding hydrogens is 337 g/mol. The van der Waals surface area contributed by atoms with Gasteiger partial charge in [0.1, 0.15) is 5.82 Å². The van der Waals surface area contributed by atoms with Crippen molar-refractivity contribution in [3.05, 3.63) is 23.3 Å². The minimum absolute atomic E-state index is 0. The highest BCUT2D eigenvalue weighted by atomic mass is 35.5. The van der Waals surface area contributed by atoms with Gasteiger partial charge >= 0.3 is 5.97 Å². The van der Waals surface area contributed by atoms with E-state index < -0.39 is 5.97 Å². The van der Waals surface area contributed by atoms with Crippen LogP contribution in [-0.2, 0) is 11.2 Å². The first kappa shape index (κ1) is 22.1. The van der Waals surface area contributed by atoms with Crippen molar-refractivity contribution < 1.29 is 9.90 Å². The molecule has 23 heavy (non-hydrogen) atoms. The average molecular weight is 364 g/mol. The monoisotopic (exact) mass is 363 g/mol. The van der Waals surface area contributed by atoms with Crippen molar-refractivity contribution in [2.24, 2.45) is 0 Å². The van der Waals surface area contributed by atoms with Crippen LogP contribution in [0.4, 0.5) is 0 Å². The summed E-state index contributed by atoms with van der Waals surface area (Å²) in [6.07, 6.45) is 2.89. The van der Waals surface area contributed by atoms with Crippen molar-refractivity contribution in [2.45, 2.75) is 58.4 Å². The molecule has 1 aromatic rings. The lowest BCUT2D eigenvalue weighted by molar-refractivity contribution is -0.136. The summed E-state index contributed by atoms with van der Waals surface area (Å²) in [6.45, 7) is 8.54. The Balaban J connectivity index is 0.00000242. The molecule has 0 radical (unpaired) electrons. The van der Waals surface area contributed by atoms with Gasteiger partial charge in [-0.25, -0.2) is 9.97 Å². The number of nitrogens with zero attached hydrogens (tertiary/aromatic N) is 3. The molecule has 1 saturated heterocycles. The number of likely N-dealkylation sites (tertiary alicyclic amines) is 1. The second kappa shape index (κ2) is 10.1. The summed E-state index contributed by atoms with van der Waals surface area (Å²) in [5.74, 6) is 0.474. The number of piperidine rings is 1. The molecule has 1 fully saturated rings. The molecule has 1 atom stereocenters. The van der Waals surface area contributed by atoms with E-state index in [9.17, 15) is 4.79 Å². The van der Waals surface area contributed by atoms with Gasteiger partial charge in [-0.15, -0.1) is 24.8 Å². The molecule has 1 unspecified atom stereocenters. The van der Waals surface area contributed by atoms with Crippen molar-refractivity contribution in [2.75, 3.05) is 13.1 Å². The third kappa shape index (κ3) is 6.61. The molecule has 0 aliphatic carbocycles. The molecule has 7 heteroatoms. The van der Waals surface area contributed by atoms with Crippen LogP contribution >= 0.6 is 24.8 Å². The second-order valence-electron chi connectivity index (χ2n) is 6.18. The SMILES string of the molecule is Cc1cc(CCC(=O)O)nc(C2CCCN(C(C)C)C2)n1.Cl.Cl. The zero-order valence-corrected chi connectivity index (χ0v) is 15.6. The lowest BCUT2D eigenvalue weighted by Gasteiger charge is -2.34. The zero-order valence-electron chi connectivity index (χ0n) is 14.0. The van der Waals surface area contributed by atoms with Gasteiger partial charge in [-0.2, -0.15) is 0 Å². The van der Waals surface area contributed by atoms with E-state index in [1.54, 1.807) is 0 Å². The van der Waals surface area contributed by atoms with Gasteiger partial charge in [0.2, 0.25) is 0 Å². The average Bonchev–Trinajstić information content (AvgIpc) is 2.44. The third-order valence-corrected chi connectivity index (χ3v) is 4.07. The van der Waals surface area contributed by atoms with Gasteiger partial charge in [0.05, 0.1) is 6.42 Å². The predicted octanol–water partition coefficient (Wildman–Crippen LogP) is 3.23. The Labute approximate surface area is 150 Å². The first-order valence-corrected chi connectivity index (χ1v) is 7.76. The maximum absolute atomic E-state index is 10.7. The van der Waals surface area contributed by atoms with Crippen molar-refractivity contribution in [3.63, 3.8) is 0 Å². The highest BCUT2D eigenvalue weighted by molar-refractivity contribution is 5.85. The minimum atomic E-state index is -0.781. The van der Waals surface area contributed by atoms with E-state index in [2.05, 4.69) is 28.7 Å². The van der Waals surface area contributed by atoms with Crippen LogP contribution in [0.1, 0.15) is 56.2 Å². The van der Waals surface area contributed by atoms with Gasteiger partial charge in [-0.3, -0.25) is 4.79 Å². The summed E-state index contributed by atoms with van der Waals surface area (Å²) < 4.78 is 0. The van der Waals surface area contributed by atoms with Gasteiger partial charge in [0.15, 0.2) is 0 Å². The van der Waals surface area contributed by atoms with E-state index in [4.69, 9.17) is 5.11 Å². The fourth-order valence-corrected chi connectivity index (χ4v) is 2.89. The van der Waals surface area contributed by atoms with Crippen molar-refractivity contribution >= 4 is 30.8 Å². The lowest BCUT2D eigenvalue weighted by atomic mass is 9.96. The Bertz CT molecular complexity index is 512. The van der Waals surface area contributed by atoms with E-state index in [1.165, 1.54) is 6.42 Å². The van der Waals surface area contributed by atoms with E-state index in [-0.39, 0.29) is 31.2 Å². The van der Waals surface area contributed by atoms with Crippen LogP contribution in [0.5, 0.6) is 0 Å². The fraction of sp³-hybridized carbons (Fsp3) is 0.688. The van der Waals surface area contributed by atoms with Crippen LogP contribution in [-0.4, -0.2) is 45.1 Å². The third-order valence-electron chi connectivity index (χ3n) is 4.07. The summed E-state index contributed by atoms with van der Waals surface area (Å²) in [5.41, 5.74) is 1.78. The molecule has 1 aliphatic rings. The van der Waals surface area contributed by atoms with Crippen LogP contribution in [0.2, 0.25) is 0 Å². The van der Waals surface area contributed by atoms with E-state index >= 15 is 0 Å². The fourth-order valence-electron chi connectivity index (χ4n) is 2.89. The lowest BCUT2D eigenvalue weighted by Crippen LogP contribution is -2.39. The van der Waals surface area contributed by atoms with Crippen molar-refractivity contribution in [1.82, 2.24) is 14.9 Å². The molecule has 2 heterocycles. The second-order valence-corrected chi connectivity index (χ2v) is 6.18. The molecule has 0 amide bonds. The number of carboxylic acid groups (broad SMARTS) is 1. The number of halogens is 2. The van der Waals surface area contributed by atoms with Crippen LogP contribution in [0.3, 0.4) is 0 Å². The van der Waals surface area contributed by atoms with Crippen LogP contribution in [0, 0.1) is 6.92 Å². The van der Waals surface area contributed by atoms with E-state index in [0.29, 0.717) is 18.4 Å². The number of aromatic nitrogens is 2. The van der Waals surface area contributed by atoms with Crippen LogP contribution in [0.25, 0.3) is 0 Å². The quantitative estimate of drug-likeness (QED) is 0.869. The molecule has 0 spiro atoms. The summed E-state index contributed by atoms with van der Waals surface area (Å²) in [6, 6.07) is 2.44. The zero-order chi connectivity index (χ0) is 15.4. The number of aliphatic carboxylic acids is 1. The minimum Gasteiger partial charge on any atom is -0.481 e. The Kier molecular flexibility index (Phi) is 9.66. The molecule has 132 valence electrons. The molecule has 5 nitrogen and oxygen atoms in total. The van der Waals surface area contributed by atoms with Crippen LogP contribution in [0.15, 0.2) is 6.07 Å². The Hall–Kier alpha value is -0.910. The largest absolute Gasteiger partial charge is 0.481 e. The highest BCUT2D eigenvalue weighted by Gasteiger charge is 2.25. The molecule has 2 rings (SSSR count). The normalized spacial score (nSPS) is 18.2. The molecule has 1 aliphatic heterocycles. The van der Waals surface area contributed by atoms with Crippen LogP contribution < -0.4 is 0 Å². The van der Waals surface area contributed by atoms with Gasteiger partial charge in [0, 0.05) is 36.3 Å². The number of rotatable bonds is 5. The number of carbonyl (C=O) groups is 1. The first-order valence-electron chi connectivity index (χ1n) is 7.76. The van der Waals surface area contributed by atoms with Gasteiger partial charge in [-0.1, -0.05) is 0 Å². The maximum Gasteiger partial charge on any atom is 0.303 e. The molecule has 0 bridgehead atoms. The van der Waals surface area contributed by atoms with Gasteiger partial charge in [0.25, 0.3) is 0 Å². The number of hydrogen-bond donors (Lipinski definition) is 1. The topological polar surface area (TPSA) is 66.3 Å². The smallest absolute Gasteiger partial charge is 0.303 e. The summed E-state index contributed by atoms with van der Waals surface area (Å²) in [4.78, 5) is 22.4. The Morgan fingerprint density at radius 2 is 2.09 bits per heavy atom. The van der Waals surface area contributed by atoms with E-state index in [0.717, 1.165) is 36.7 Å². The summed E-state index contributed by atoms with van der Waals surface area (Å²) in [5, 5.41) is 8.81. The molecule has 0 aromatic carbocycles. The van der Waals surface area contributed by atoms with Crippen molar-refractivity contribution in [3.8, 4) is 0 Å². The number of carboxylic acids is 1. The number of hydrogen-bond acceptors (Lipinski definition) is 4. The Morgan fingerprint density at radius 1 is 1.39 bits per heavy atom.